The van der Waals surface area contributed by atoms with Crippen molar-refractivity contribution in [1.82, 2.24) is 0 Å². The SMILES string of the molecule is O=COCCC1OCCO1. The lowest BCUT2D eigenvalue weighted by Gasteiger charge is -2.06. The molecule has 1 fully saturated rings. The molecule has 0 aliphatic carbocycles. The highest BCUT2D eigenvalue weighted by molar-refractivity contribution is 5.36. The van der Waals surface area contributed by atoms with Crippen molar-refractivity contribution >= 4 is 6.47 Å². The Labute approximate surface area is 59.1 Å². The smallest absolute Gasteiger partial charge is 0.293 e. The summed E-state index contributed by atoms with van der Waals surface area (Å²) in [5.74, 6) is 0. The third-order valence-electron chi connectivity index (χ3n) is 1.23. The van der Waals surface area contributed by atoms with Crippen molar-refractivity contribution in [2.75, 3.05) is 19.8 Å². The second-order valence-electron chi connectivity index (χ2n) is 1.93. The molecule has 0 aromatic carbocycles. The second-order valence-corrected chi connectivity index (χ2v) is 1.93. The quantitative estimate of drug-likeness (QED) is 0.411. The number of carbonyl (C=O) groups is 1. The van der Waals surface area contributed by atoms with E-state index in [0.717, 1.165) is 0 Å². The van der Waals surface area contributed by atoms with E-state index in [2.05, 4.69) is 4.74 Å². The van der Waals surface area contributed by atoms with Gasteiger partial charge >= 0.3 is 0 Å². The number of rotatable bonds is 4. The minimum absolute atomic E-state index is 0.167. The van der Waals surface area contributed by atoms with Crippen LogP contribution >= 0.6 is 0 Å². The molecule has 0 spiro atoms. The highest BCUT2D eigenvalue weighted by Crippen LogP contribution is 2.06. The van der Waals surface area contributed by atoms with E-state index in [9.17, 15) is 4.79 Å². The van der Waals surface area contributed by atoms with E-state index >= 15 is 0 Å². The van der Waals surface area contributed by atoms with Gasteiger partial charge in [0.05, 0.1) is 19.8 Å². The molecule has 1 rings (SSSR count). The van der Waals surface area contributed by atoms with Crippen LogP contribution in [0.3, 0.4) is 0 Å². The van der Waals surface area contributed by atoms with Crippen LogP contribution in [0.15, 0.2) is 0 Å². The molecule has 0 atom stereocenters. The first-order valence-corrected chi connectivity index (χ1v) is 3.22. The van der Waals surface area contributed by atoms with E-state index in [-0.39, 0.29) is 6.29 Å². The second kappa shape index (κ2) is 4.24. The first-order valence-electron chi connectivity index (χ1n) is 3.22. The highest BCUT2D eigenvalue weighted by Gasteiger charge is 2.14. The molecule has 0 bridgehead atoms. The molecule has 0 amide bonds. The van der Waals surface area contributed by atoms with Crippen LogP contribution in [0.2, 0.25) is 0 Å². The monoisotopic (exact) mass is 146 g/mol. The van der Waals surface area contributed by atoms with Crippen LogP contribution in [-0.2, 0) is 19.0 Å². The van der Waals surface area contributed by atoms with Gasteiger partial charge in [-0.3, -0.25) is 4.79 Å². The van der Waals surface area contributed by atoms with Crippen molar-refractivity contribution in [2.45, 2.75) is 12.7 Å². The first-order chi connectivity index (χ1) is 4.93. The molecule has 0 aromatic rings. The van der Waals surface area contributed by atoms with Gasteiger partial charge in [-0.1, -0.05) is 0 Å². The lowest BCUT2D eigenvalue weighted by atomic mass is 10.4. The Bertz CT molecular complexity index is 97.9. The number of ether oxygens (including phenoxy) is 3. The summed E-state index contributed by atoms with van der Waals surface area (Å²) in [6.45, 7) is 2.08. The van der Waals surface area contributed by atoms with Crippen molar-refractivity contribution in [2.24, 2.45) is 0 Å². The summed E-state index contributed by atoms with van der Waals surface area (Å²) < 4.78 is 14.6. The Morgan fingerprint density at radius 2 is 2.20 bits per heavy atom. The molecule has 4 nitrogen and oxygen atoms in total. The maximum absolute atomic E-state index is 9.67. The van der Waals surface area contributed by atoms with Gasteiger partial charge in [0.25, 0.3) is 6.47 Å². The molecule has 4 heteroatoms. The largest absolute Gasteiger partial charge is 0.468 e. The van der Waals surface area contributed by atoms with E-state index in [1.165, 1.54) is 0 Å². The van der Waals surface area contributed by atoms with Gasteiger partial charge in [0.2, 0.25) is 0 Å². The van der Waals surface area contributed by atoms with Crippen LogP contribution in [0, 0.1) is 0 Å². The fraction of sp³-hybridized carbons (Fsp3) is 0.833. The molecule has 0 N–H and O–H groups in total. The number of hydrogen-bond donors (Lipinski definition) is 0. The highest BCUT2D eigenvalue weighted by atomic mass is 16.7. The Kier molecular flexibility index (Phi) is 3.18. The van der Waals surface area contributed by atoms with Crippen LogP contribution < -0.4 is 0 Å². The third kappa shape index (κ3) is 2.33. The lowest BCUT2D eigenvalue weighted by Crippen LogP contribution is -2.10. The molecule has 10 heavy (non-hydrogen) atoms. The van der Waals surface area contributed by atoms with Gasteiger partial charge in [0.15, 0.2) is 6.29 Å². The summed E-state index contributed by atoms with van der Waals surface area (Å²) in [5.41, 5.74) is 0. The predicted octanol–water partition coefficient (Wildman–Crippen LogP) is -0.0776. The summed E-state index contributed by atoms with van der Waals surface area (Å²) in [6.07, 6.45) is 0.457. The predicted molar refractivity (Wildman–Crippen MR) is 32.3 cm³/mol. The van der Waals surface area contributed by atoms with Gasteiger partial charge in [0.1, 0.15) is 0 Å². The summed E-state index contributed by atoms with van der Waals surface area (Å²) in [5, 5.41) is 0. The van der Waals surface area contributed by atoms with Crippen LogP contribution in [-0.4, -0.2) is 32.6 Å². The molecule has 58 valence electrons. The summed E-state index contributed by atoms with van der Waals surface area (Å²) in [7, 11) is 0. The zero-order valence-electron chi connectivity index (χ0n) is 5.62. The summed E-state index contributed by atoms with van der Waals surface area (Å²) in [6, 6.07) is 0. The molecule has 0 radical (unpaired) electrons. The van der Waals surface area contributed by atoms with E-state index in [1.54, 1.807) is 0 Å². The molecule has 1 aliphatic rings. The van der Waals surface area contributed by atoms with Gasteiger partial charge in [-0.2, -0.15) is 0 Å². The fourth-order valence-electron chi connectivity index (χ4n) is 0.786. The molecule has 0 saturated carbocycles. The fourth-order valence-corrected chi connectivity index (χ4v) is 0.786. The Morgan fingerprint density at radius 3 is 2.80 bits per heavy atom. The maximum Gasteiger partial charge on any atom is 0.293 e. The van der Waals surface area contributed by atoms with E-state index in [0.29, 0.717) is 32.7 Å². The van der Waals surface area contributed by atoms with Crippen LogP contribution in [0.4, 0.5) is 0 Å². The summed E-state index contributed by atoms with van der Waals surface area (Å²) >= 11 is 0. The van der Waals surface area contributed by atoms with Gasteiger partial charge in [-0.15, -0.1) is 0 Å². The normalized spacial score (nSPS) is 19.2. The lowest BCUT2D eigenvalue weighted by molar-refractivity contribution is -0.131. The Morgan fingerprint density at radius 1 is 1.50 bits per heavy atom. The Hall–Kier alpha value is -0.610. The maximum atomic E-state index is 9.67. The first kappa shape index (κ1) is 7.50. The van der Waals surface area contributed by atoms with E-state index < -0.39 is 0 Å². The van der Waals surface area contributed by atoms with Crippen molar-refractivity contribution in [3.63, 3.8) is 0 Å². The number of hydrogen-bond acceptors (Lipinski definition) is 4. The molecular weight excluding hydrogens is 136 g/mol. The zero-order valence-corrected chi connectivity index (χ0v) is 5.62. The van der Waals surface area contributed by atoms with Gasteiger partial charge < -0.3 is 14.2 Å². The van der Waals surface area contributed by atoms with E-state index in [4.69, 9.17) is 9.47 Å². The standard InChI is InChI=1S/C6H10O4/c7-5-8-2-1-6-9-3-4-10-6/h5-6H,1-4H2. The molecule has 1 heterocycles. The summed E-state index contributed by atoms with van der Waals surface area (Å²) in [4.78, 5) is 9.67. The Balaban J connectivity index is 1.96. The molecule has 0 unspecified atom stereocenters. The third-order valence-corrected chi connectivity index (χ3v) is 1.23. The van der Waals surface area contributed by atoms with Crippen molar-refractivity contribution in [3.8, 4) is 0 Å². The van der Waals surface area contributed by atoms with Crippen molar-refractivity contribution in [1.29, 1.82) is 0 Å². The average molecular weight is 146 g/mol. The zero-order chi connectivity index (χ0) is 7.23. The minimum atomic E-state index is -0.167. The van der Waals surface area contributed by atoms with Crippen LogP contribution in [0.5, 0.6) is 0 Å². The van der Waals surface area contributed by atoms with Gasteiger partial charge in [0, 0.05) is 6.42 Å². The van der Waals surface area contributed by atoms with Gasteiger partial charge in [-0.05, 0) is 0 Å². The van der Waals surface area contributed by atoms with E-state index in [1.807, 2.05) is 0 Å². The number of carbonyl (C=O) groups excluding carboxylic acids is 1. The molecular formula is C6H10O4. The van der Waals surface area contributed by atoms with Crippen LogP contribution in [0.1, 0.15) is 6.42 Å². The molecule has 1 saturated heterocycles. The van der Waals surface area contributed by atoms with Crippen LogP contribution in [0.25, 0.3) is 0 Å². The van der Waals surface area contributed by atoms with Crippen molar-refractivity contribution < 1.29 is 19.0 Å². The molecule has 1 aliphatic heterocycles. The van der Waals surface area contributed by atoms with Crippen molar-refractivity contribution in [3.05, 3.63) is 0 Å². The average Bonchev–Trinajstić information content (AvgIpc) is 2.41. The van der Waals surface area contributed by atoms with Gasteiger partial charge in [-0.25, -0.2) is 0 Å². The molecule has 0 aromatic heterocycles. The minimum Gasteiger partial charge on any atom is -0.468 e. The topological polar surface area (TPSA) is 44.8 Å².